The second-order valence-electron chi connectivity index (χ2n) is 4.96. The van der Waals surface area contributed by atoms with Crippen molar-refractivity contribution in [2.45, 2.75) is 12.8 Å². The van der Waals surface area contributed by atoms with E-state index in [4.69, 9.17) is 0 Å². The van der Waals surface area contributed by atoms with Crippen molar-refractivity contribution >= 4 is 23.1 Å². The number of halogens is 1. The molecular weight excluding hydrogens is 269 g/mol. The van der Waals surface area contributed by atoms with Crippen LogP contribution < -0.4 is 16.0 Å². The molecule has 0 saturated heterocycles. The van der Waals surface area contributed by atoms with Gasteiger partial charge in [-0.1, -0.05) is 12.1 Å². The van der Waals surface area contributed by atoms with Gasteiger partial charge in [-0.2, -0.15) is 0 Å². The number of fused-ring (bicyclic) bond motifs is 1. The molecular formula is C16H16FN3O. The van der Waals surface area contributed by atoms with Crippen LogP contribution >= 0.6 is 0 Å². The maximum absolute atomic E-state index is 13.5. The summed E-state index contributed by atoms with van der Waals surface area (Å²) in [4.78, 5) is 11.9. The molecule has 2 aromatic carbocycles. The maximum atomic E-state index is 13.5. The highest BCUT2D eigenvalue weighted by molar-refractivity contribution is 6.00. The summed E-state index contributed by atoms with van der Waals surface area (Å²) >= 11 is 0. The van der Waals surface area contributed by atoms with Gasteiger partial charge in [0.2, 0.25) is 0 Å². The van der Waals surface area contributed by atoms with E-state index in [-0.39, 0.29) is 5.69 Å². The molecule has 0 unspecified atom stereocenters. The summed E-state index contributed by atoms with van der Waals surface area (Å²) in [6.07, 6.45) is 2.07. The van der Waals surface area contributed by atoms with Crippen LogP contribution in [0.2, 0.25) is 0 Å². The zero-order valence-electron chi connectivity index (χ0n) is 11.4. The topological polar surface area (TPSA) is 53.2 Å². The van der Waals surface area contributed by atoms with Gasteiger partial charge in [-0.25, -0.2) is 9.18 Å². The normalized spacial score (nSPS) is 13.0. The first-order chi connectivity index (χ1) is 10.2. The van der Waals surface area contributed by atoms with Crippen LogP contribution in [0.15, 0.2) is 42.5 Å². The monoisotopic (exact) mass is 285 g/mol. The zero-order valence-corrected chi connectivity index (χ0v) is 11.4. The fraction of sp³-hybridized carbons (Fsp3) is 0.188. The van der Waals surface area contributed by atoms with Crippen LogP contribution in [-0.2, 0) is 6.42 Å². The van der Waals surface area contributed by atoms with Crippen LogP contribution in [0, 0.1) is 5.82 Å². The van der Waals surface area contributed by atoms with Crippen molar-refractivity contribution in [3.05, 3.63) is 53.8 Å². The van der Waals surface area contributed by atoms with E-state index in [2.05, 4.69) is 16.0 Å². The molecule has 1 aliphatic heterocycles. The number of amides is 2. The minimum Gasteiger partial charge on any atom is -0.385 e. The third-order valence-corrected chi connectivity index (χ3v) is 3.42. The van der Waals surface area contributed by atoms with E-state index >= 15 is 0 Å². The Morgan fingerprint density at radius 1 is 1.14 bits per heavy atom. The molecule has 0 radical (unpaired) electrons. The third kappa shape index (κ3) is 3.13. The van der Waals surface area contributed by atoms with Crippen molar-refractivity contribution < 1.29 is 9.18 Å². The fourth-order valence-electron chi connectivity index (χ4n) is 2.40. The molecule has 4 nitrogen and oxygen atoms in total. The summed E-state index contributed by atoms with van der Waals surface area (Å²) in [5.74, 6) is -0.456. The number of benzene rings is 2. The van der Waals surface area contributed by atoms with Gasteiger partial charge in [-0.3, -0.25) is 0 Å². The van der Waals surface area contributed by atoms with Crippen molar-refractivity contribution in [3.63, 3.8) is 0 Å². The first kappa shape index (κ1) is 13.4. The van der Waals surface area contributed by atoms with E-state index in [1.54, 1.807) is 12.1 Å². The fourth-order valence-corrected chi connectivity index (χ4v) is 2.40. The number of carbonyl (C=O) groups is 1. The predicted molar refractivity (Wildman–Crippen MR) is 82.3 cm³/mol. The number of para-hydroxylation sites is 1. The predicted octanol–water partition coefficient (Wildman–Crippen LogP) is 3.83. The number of aryl methyl sites for hydroxylation is 1. The molecule has 3 N–H and O–H groups in total. The van der Waals surface area contributed by atoms with Gasteiger partial charge in [0.1, 0.15) is 5.82 Å². The van der Waals surface area contributed by atoms with Crippen LogP contribution in [0.25, 0.3) is 0 Å². The quantitative estimate of drug-likeness (QED) is 0.785. The molecule has 21 heavy (non-hydrogen) atoms. The molecule has 1 aliphatic rings. The van der Waals surface area contributed by atoms with Crippen molar-refractivity contribution in [1.82, 2.24) is 0 Å². The highest BCUT2D eigenvalue weighted by Gasteiger charge is 2.11. The summed E-state index contributed by atoms with van der Waals surface area (Å²) in [5, 5.41) is 8.53. The van der Waals surface area contributed by atoms with Crippen LogP contribution in [0.4, 0.5) is 26.2 Å². The van der Waals surface area contributed by atoms with Gasteiger partial charge in [0, 0.05) is 17.9 Å². The van der Waals surface area contributed by atoms with Gasteiger partial charge in [0.15, 0.2) is 0 Å². The second-order valence-corrected chi connectivity index (χ2v) is 4.96. The standard InChI is InChI=1S/C16H16FN3O/c17-13-5-1-2-6-15(13)20-16(21)19-12-7-8-14-11(10-12)4-3-9-18-14/h1-2,5-8,10,18H,3-4,9H2,(H2,19,20,21). The molecule has 3 rings (SSSR count). The SMILES string of the molecule is O=C(Nc1ccc2c(c1)CCCN2)Nc1ccccc1F. The Bertz CT molecular complexity index is 672. The molecule has 2 aromatic rings. The molecule has 0 atom stereocenters. The summed E-state index contributed by atoms with van der Waals surface area (Å²) < 4.78 is 13.5. The Labute approximate surface area is 122 Å². The van der Waals surface area contributed by atoms with Crippen LogP contribution in [-0.4, -0.2) is 12.6 Å². The van der Waals surface area contributed by atoms with Gasteiger partial charge in [0.05, 0.1) is 5.69 Å². The molecule has 0 saturated carbocycles. The number of hydrogen-bond acceptors (Lipinski definition) is 2. The van der Waals surface area contributed by atoms with Crippen LogP contribution in [0.5, 0.6) is 0 Å². The van der Waals surface area contributed by atoms with E-state index in [1.165, 1.54) is 17.7 Å². The van der Waals surface area contributed by atoms with Gasteiger partial charge >= 0.3 is 6.03 Å². The number of nitrogens with one attached hydrogen (secondary N) is 3. The third-order valence-electron chi connectivity index (χ3n) is 3.42. The number of rotatable bonds is 2. The van der Waals surface area contributed by atoms with Gasteiger partial charge < -0.3 is 16.0 Å². The average Bonchev–Trinajstić information content (AvgIpc) is 2.49. The highest BCUT2D eigenvalue weighted by Crippen LogP contribution is 2.25. The van der Waals surface area contributed by atoms with Crippen LogP contribution in [0.3, 0.4) is 0 Å². The van der Waals surface area contributed by atoms with E-state index in [9.17, 15) is 9.18 Å². The Hall–Kier alpha value is -2.56. The molecule has 0 spiro atoms. The Balaban J connectivity index is 1.69. The Morgan fingerprint density at radius 3 is 2.86 bits per heavy atom. The van der Waals surface area contributed by atoms with Crippen molar-refractivity contribution in [3.8, 4) is 0 Å². The molecule has 0 fully saturated rings. The second kappa shape index (κ2) is 5.83. The molecule has 1 heterocycles. The number of anilines is 3. The maximum Gasteiger partial charge on any atom is 0.323 e. The zero-order chi connectivity index (χ0) is 14.7. The van der Waals surface area contributed by atoms with Gasteiger partial charge in [-0.15, -0.1) is 0 Å². The number of urea groups is 1. The van der Waals surface area contributed by atoms with Crippen molar-refractivity contribution in [2.75, 3.05) is 22.5 Å². The number of carbonyl (C=O) groups excluding carboxylic acids is 1. The van der Waals surface area contributed by atoms with E-state index < -0.39 is 11.8 Å². The van der Waals surface area contributed by atoms with Crippen molar-refractivity contribution in [2.24, 2.45) is 0 Å². The molecule has 0 aromatic heterocycles. The summed E-state index contributed by atoms with van der Waals surface area (Å²) in [5.41, 5.74) is 3.16. The summed E-state index contributed by atoms with van der Waals surface area (Å²) in [7, 11) is 0. The molecule has 0 aliphatic carbocycles. The van der Waals surface area contributed by atoms with E-state index in [0.29, 0.717) is 5.69 Å². The molecule has 108 valence electrons. The Kier molecular flexibility index (Phi) is 3.73. The average molecular weight is 285 g/mol. The minimum atomic E-state index is -0.456. The first-order valence-electron chi connectivity index (χ1n) is 6.92. The first-order valence-corrected chi connectivity index (χ1v) is 6.92. The van der Waals surface area contributed by atoms with E-state index in [1.807, 2.05) is 18.2 Å². The molecule has 0 bridgehead atoms. The lowest BCUT2D eigenvalue weighted by atomic mass is 10.0. The largest absolute Gasteiger partial charge is 0.385 e. The lowest BCUT2D eigenvalue weighted by Crippen LogP contribution is -2.20. The van der Waals surface area contributed by atoms with Gasteiger partial charge in [0.25, 0.3) is 0 Å². The lowest BCUT2D eigenvalue weighted by molar-refractivity contribution is 0.262. The van der Waals surface area contributed by atoms with Gasteiger partial charge in [-0.05, 0) is 48.7 Å². The van der Waals surface area contributed by atoms with Crippen molar-refractivity contribution in [1.29, 1.82) is 0 Å². The molecule has 2 amide bonds. The number of hydrogen-bond donors (Lipinski definition) is 3. The minimum absolute atomic E-state index is 0.162. The lowest BCUT2D eigenvalue weighted by Gasteiger charge is -2.19. The smallest absolute Gasteiger partial charge is 0.323 e. The Morgan fingerprint density at radius 2 is 2.00 bits per heavy atom. The molecule has 5 heteroatoms. The highest BCUT2D eigenvalue weighted by atomic mass is 19.1. The summed E-state index contributed by atoms with van der Waals surface area (Å²) in [6.45, 7) is 0.980. The van der Waals surface area contributed by atoms with E-state index in [0.717, 1.165) is 25.1 Å². The van der Waals surface area contributed by atoms with Crippen LogP contribution in [0.1, 0.15) is 12.0 Å². The summed E-state index contributed by atoms with van der Waals surface area (Å²) in [6, 6.07) is 11.3.